The minimum Gasteiger partial charge on any atom is -0.354 e. The van der Waals surface area contributed by atoms with Crippen molar-refractivity contribution in [1.29, 1.82) is 0 Å². The number of anilines is 1. The number of halogens is 1. The number of nitrogens with zero attached hydrogens (tertiary/aromatic N) is 3. The van der Waals surface area contributed by atoms with Gasteiger partial charge >= 0.3 is 0 Å². The van der Waals surface area contributed by atoms with Gasteiger partial charge in [-0.2, -0.15) is 0 Å². The third-order valence-electron chi connectivity index (χ3n) is 6.06. The number of hydrogen-bond donors (Lipinski definition) is 1. The molecular formula is C28H31ClN4O6S. The number of nitrogens with one attached hydrogen (secondary N) is 1. The van der Waals surface area contributed by atoms with Gasteiger partial charge in [0.05, 0.1) is 15.5 Å². The van der Waals surface area contributed by atoms with Crippen LogP contribution < -0.4 is 9.62 Å². The summed E-state index contributed by atoms with van der Waals surface area (Å²) in [6, 6.07) is 18.3. The Labute approximate surface area is 238 Å². The lowest BCUT2D eigenvalue weighted by molar-refractivity contribution is -0.384. The van der Waals surface area contributed by atoms with Crippen LogP contribution in [0, 0.1) is 16.0 Å². The van der Waals surface area contributed by atoms with Crippen molar-refractivity contribution in [2.24, 2.45) is 5.92 Å². The molecule has 3 aromatic carbocycles. The van der Waals surface area contributed by atoms with Gasteiger partial charge in [0, 0.05) is 30.2 Å². The quantitative estimate of drug-likeness (QED) is 0.243. The molecule has 0 aliphatic rings. The van der Waals surface area contributed by atoms with Crippen LogP contribution in [0.25, 0.3) is 0 Å². The zero-order valence-electron chi connectivity index (χ0n) is 22.4. The van der Waals surface area contributed by atoms with Crippen molar-refractivity contribution in [3.05, 3.63) is 99.6 Å². The first-order valence-electron chi connectivity index (χ1n) is 12.5. The summed E-state index contributed by atoms with van der Waals surface area (Å²) < 4.78 is 28.3. The van der Waals surface area contributed by atoms with Gasteiger partial charge in [-0.05, 0) is 48.7 Å². The van der Waals surface area contributed by atoms with Gasteiger partial charge in [-0.3, -0.25) is 24.0 Å². The van der Waals surface area contributed by atoms with E-state index in [1.165, 1.54) is 47.4 Å². The molecule has 0 heterocycles. The second kappa shape index (κ2) is 13.4. The van der Waals surface area contributed by atoms with Gasteiger partial charge in [-0.15, -0.1) is 0 Å². The summed E-state index contributed by atoms with van der Waals surface area (Å²) in [7, 11) is -4.33. The maximum absolute atomic E-state index is 13.9. The van der Waals surface area contributed by atoms with E-state index in [1.54, 1.807) is 37.3 Å². The summed E-state index contributed by atoms with van der Waals surface area (Å²) in [6.45, 7) is 5.13. The Hall–Kier alpha value is -3.96. The van der Waals surface area contributed by atoms with E-state index in [1.807, 2.05) is 13.8 Å². The van der Waals surface area contributed by atoms with E-state index >= 15 is 0 Å². The topological polar surface area (TPSA) is 130 Å². The van der Waals surface area contributed by atoms with Crippen molar-refractivity contribution in [2.75, 3.05) is 17.4 Å². The van der Waals surface area contributed by atoms with E-state index in [2.05, 4.69) is 5.32 Å². The molecule has 0 aromatic heterocycles. The SMILES string of the molecule is CC(C)CNC(=O)[C@H](C)N(Cc1ccc(Cl)cc1)C(=O)CN(c1cccc([N+](=O)[O-])c1)S(=O)(=O)c1ccccc1. The number of rotatable bonds is 12. The molecule has 1 N–H and O–H groups in total. The molecule has 40 heavy (non-hydrogen) atoms. The minimum absolute atomic E-state index is 0.000426. The number of nitro groups is 1. The van der Waals surface area contributed by atoms with Crippen molar-refractivity contribution >= 4 is 44.8 Å². The smallest absolute Gasteiger partial charge is 0.271 e. The maximum atomic E-state index is 13.9. The van der Waals surface area contributed by atoms with Crippen LogP contribution in [0.5, 0.6) is 0 Å². The van der Waals surface area contributed by atoms with Crippen LogP contribution in [-0.4, -0.2) is 49.2 Å². The Morgan fingerprint density at radius 3 is 2.23 bits per heavy atom. The van der Waals surface area contributed by atoms with Gasteiger partial charge in [-0.1, -0.05) is 61.8 Å². The van der Waals surface area contributed by atoms with Crippen LogP contribution in [0.4, 0.5) is 11.4 Å². The fourth-order valence-corrected chi connectivity index (χ4v) is 5.38. The van der Waals surface area contributed by atoms with Crippen LogP contribution in [0.3, 0.4) is 0 Å². The molecule has 0 fully saturated rings. The van der Waals surface area contributed by atoms with Gasteiger partial charge in [-0.25, -0.2) is 8.42 Å². The van der Waals surface area contributed by atoms with Crippen molar-refractivity contribution in [3.63, 3.8) is 0 Å². The van der Waals surface area contributed by atoms with Gasteiger partial charge in [0.1, 0.15) is 12.6 Å². The molecule has 0 saturated carbocycles. The Morgan fingerprint density at radius 1 is 0.975 bits per heavy atom. The average molecular weight is 587 g/mol. The van der Waals surface area contributed by atoms with Crippen molar-refractivity contribution in [3.8, 4) is 0 Å². The Morgan fingerprint density at radius 2 is 1.62 bits per heavy atom. The van der Waals surface area contributed by atoms with E-state index in [4.69, 9.17) is 11.6 Å². The maximum Gasteiger partial charge on any atom is 0.271 e. The largest absolute Gasteiger partial charge is 0.354 e. The lowest BCUT2D eigenvalue weighted by atomic mass is 10.1. The molecule has 12 heteroatoms. The molecule has 0 spiro atoms. The summed E-state index contributed by atoms with van der Waals surface area (Å²) in [5.74, 6) is -0.895. The minimum atomic E-state index is -4.33. The molecular weight excluding hydrogens is 556 g/mol. The number of non-ortho nitro benzene ring substituents is 1. The predicted octanol–water partition coefficient (Wildman–Crippen LogP) is 4.63. The van der Waals surface area contributed by atoms with Crippen molar-refractivity contribution in [2.45, 2.75) is 38.3 Å². The summed E-state index contributed by atoms with van der Waals surface area (Å²) in [5.41, 5.74) is 0.279. The number of carbonyl (C=O) groups is 2. The molecule has 3 rings (SSSR count). The second-order valence-corrected chi connectivity index (χ2v) is 11.9. The van der Waals surface area contributed by atoms with Crippen LogP contribution >= 0.6 is 11.6 Å². The molecule has 2 amide bonds. The number of amides is 2. The van der Waals surface area contributed by atoms with Gasteiger partial charge in [0.15, 0.2) is 0 Å². The van der Waals surface area contributed by atoms with Crippen molar-refractivity contribution in [1.82, 2.24) is 10.2 Å². The molecule has 1 atom stereocenters. The standard InChI is InChI=1S/C28H31ClN4O6S/c1-20(2)17-30-28(35)21(3)31(18-22-12-14-23(29)15-13-22)27(34)19-32(24-8-7-9-25(16-24)33(36)37)40(38,39)26-10-5-4-6-11-26/h4-16,20-21H,17-19H2,1-3H3,(H,30,35)/t21-/m0/s1. The Kier molecular flexibility index (Phi) is 10.2. The molecule has 0 saturated heterocycles. The molecule has 0 bridgehead atoms. The second-order valence-electron chi connectivity index (χ2n) is 9.56. The number of sulfonamides is 1. The zero-order chi connectivity index (χ0) is 29.4. The van der Waals surface area contributed by atoms with Crippen LogP contribution in [0.15, 0.2) is 83.8 Å². The number of benzene rings is 3. The average Bonchev–Trinajstić information content (AvgIpc) is 2.94. The first kappa shape index (κ1) is 30.6. The fraction of sp³-hybridized carbons (Fsp3) is 0.286. The molecule has 0 unspecified atom stereocenters. The van der Waals surface area contributed by atoms with Gasteiger partial charge < -0.3 is 10.2 Å². The van der Waals surface area contributed by atoms with Crippen molar-refractivity contribution < 1.29 is 22.9 Å². The van der Waals surface area contributed by atoms with Crippen LogP contribution in [0.1, 0.15) is 26.3 Å². The van der Waals surface area contributed by atoms with Crippen LogP contribution in [-0.2, 0) is 26.2 Å². The molecule has 3 aromatic rings. The van der Waals surface area contributed by atoms with E-state index in [0.717, 1.165) is 10.4 Å². The van der Waals surface area contributed by atoms with E-state index in [-0.39, 0.29) is 28.7 Å². The molecule has 212 valence electrons. The number of hydrogen-bond acceptors (Lipinski definition) is 6. The highest BCUT2D eigenvalue weighted by molar-refractivity contribution is 7.92. The third-order valence-corrected chi connectivity index (χ3v) is 8.10. The lowest BCUT2D eigenvalue weighted by Gasteiger charge is -2.32. The molecule has 0 aliphatic carbocycles. The van der Waals surface area contributed by atoms with E-state index in [0.29, 0.717) is 17.1 Å². The zero-order valence-corrected chi connectivity index (χ0v) is 23.9. The number of nitro benzene ring substituents is 1. The highest BCUT2D eigenvalue weighted by Gasteiger charge is 2.33. The summed E-state index contributed by atoms with van der Waals surface area (Å²) in [5, 5.41) is 14.7. The van der Waals surface area contributed by atoms with Gasteiger partial charge in [0.2, 0.25) is 11.8 Å². The fourth-order valence-electron chi connectivity index (χ4n) is 3.83. The molecule has 10 nitrogen and oxygen atoms in total. The first-order valence-corrected chi connectivity index (χ1v) is 14.4. The normalized spacial score (nSPS) is 12.0. The van der Waals surface area contributed by atoms with Crippen LogP contribution in [0.2, 0.25) is 5.02 Å². The Bertz CT molecular complexity index is 1450. The predicted molar refractivity (Wildman–Crippen MR) is 153 cm³/mol. The highest BCUT2D eigenvalue weighted by atomic mass is 35.5. The number of carbonyl (C=O) groups excluding carboxylic acids is 2. The van der Waals surface area contributed by atoms with E-state index < -0.39 is 39.3 Å². The Balaban J connectivity index is 2.04. The third kappa shape index (κ3) is 7.80. The summed E-state index contributed by atoms with van der Waals surface area (Å²) >= 11 is 6.01. The summed E-state index contributed by atoms with van der Waals surface area (Å²) in [4.78, 5) is 38.8. The highest BCUT2D eigenvalue weighted by Crippen LogP contribution is 2.27. The lowest BCUT2D eigenvalue weighted by Crippen LogP contribution is -2.51. The molecule has 0 aliphatic heterocycles. The monoisotopic (exact) mass is 586 g/mol. The first-order chi connectivity index (χ1) is 18.9. The summed E-state index contributed by atoms with van der Waals surface area (Å²) in [6.07, 6.45) is 0. The van der Waals surface area contributed by atoms with E-state index in [9.17, 15) is 28.1 Å². The van der Waals surface area contributed by atoms with Gasteiger partial charge in [0.25, 0.3) is 15.7 Å². The molecule has 0 radical (unpaired) electrons.